The van der Waals surface area contributed by atoms with Crippen molar-refractivity contribution in [1.82, 2.24) is 5.32 Å². The molecule has 0 spiro atoms. The molecule has 1 aliphatic rings. The van der Waals surface area contributed by atoms with Crippen LogP contribution < -0.4 is 10.1 Å². The Hall–Kier alpha value is -1.84. The summed E-state index contributed by atoms with van der Waals surface area (Å²) in [6, 6.07) is 19.4. The van der Waals surface area contributed by atoms with Crippen molar-refractivity contribution >= 4 is 0 Å². The first-order valence-electron chi connectivity index (χ1n) is 6.89. The molecule has 1 aliphatic heterocycles. The van der Waals surface area contributed by atoms with Crippen LogP contribution in [0.3, 0.4) is 0 Å². The van der Waals surface area contributed by atoms with E-state index in [1.54, 1.807) is 7.11 Å². The van der Waals surface area contributed by atoms with Crippen LogP contribution >= 0.6 is 0 Å². The van der Waals surface area contributed by atoms with Crippen LogP contribution in [0.4, 0.5) is 0 Å². The third-order valence-electron chi connectivity index (χ3n) is 3.62. The van der Waals surface area contributed by atoms with E-state index in [0.717, 1.165) is 19.0 Å². The zero-order chi connectivity index (χ0) is 13.8. The Morgan fingerprint density at radius 2 is 1.65 bits per heavy atom. The lowest BCUT2D eigenvalue weighted by atomic mass is 9.97. The van der Waals surface area contributed by atoms with Gasteiger partial charge < -0.3 is 9.47 Å². The van der Waals surface area contributed by atoms with Gasteiger partial charge in [0.25, 0.3) is 0 Å². The molecule has 20 heavy (non-hydrogen) atoms. The number of nitrogens with one attached hydrogen (secondary N) is 1. The zero-order valence-corrected chi connectivity index (χ0v) is 11.6. The average Bonchev–Trinajstić information content (AvgIpc) is 2.47. The number of benzene rings is 2. The van der Waals surface area contributed by atoms with E-state index in [2.05, 4.69) is 41.7 Å². The first-order chi connectivity index (χ1) is 9.86. The molecule has 1 unspecified atom stereocenters. The Morgan fingerprint density at radius 1 is 1.00 bits per heavy atom. The molecule has 1 saturated heterocycles. The first kappa shape index (κ1) is 13.2. The van der Waals surface area contributed by atoms with Crippen LogP contribution in [0.1, 0.15) is 17.2 Å². The van der Waals surface area contributed by atoms with Gasteiger partial charge in [-0.2, -0.15) is 0 Å². The molecular formula is C17H19NO2. The second-order valence-electron chi connectivity index (χ2n) is 5.02. The van der Waals surface area contributed by atoms with Crippen molar-refractivity contribution in [1.29, 1.82) is 0 Å². The van der Waals surface area contributed by atoms with Crippen LogP contribution in [0.15, 0.2) is 54.6 Å². The maximum absolute atomic E-state index is 5.26. The van der Waals surface area contributed by atoms with Gasteiger partial charge in [0.2, 0.25) is 0 Å². The summed E-state index contributed by atoms with van der Waals surface area (Å²) >= 11 is 0. The van der Waals surface area contributed by atoms with E-state index in [4.69, 9.17) is 9.47 Å². The molecule has 3 heteroatoms. The van der Waals surface area contributed by atoms with Crippen molar-refractivity contribution in [3.8, 4) is 5.75 Å². The fourth-order valence-electron chi connectivity index (χ4n) is 2.39. The predicted molar refractivity (Wildman–Crippen MR) is 79.0 cm³/mol. The van der Waals surface area contributed by atoms with E-state index < -0.39 is 0 Å². The maximum Gasteiger partial charge on any atom is 0.118 e. The minimum absolute atomic E-state index is 0.191. The van der Waals surface area contributed by atoms with Gasteiger partial charge in [0.1, 0.15) is 5.75 Å². The summed E-state index contributed by atoms with van der Waals surface area (Å²) in [5.41, 5.74) is 2.51. The smallest absolute Gasteiger partial charge is 0.118 e. The van der Waals surface area contributed by atoms with Crippen molar-refractivity contribution in [2.24, 2.45) is 0 Å². The van der Waals surface area contributed by atoms with E-state index in [1.807, 2.05) is 18.2 Å². The third kappa shape index (κ3) is 2.84. The first-order valence-corrected chi connectivity index (χ1v) is 6.89. The summed E-state index contributed by atoms with van der Waals surface area (Å²) in [4.78, 5) is 0. The Morgan fingerprint density at radius 3 is 2.20 bits per heavy atom. The second kappa shape index (κ2) is 6.07. The molecule has 0 amide bonds. The molecule has 1 N–H and O–H groups in total. The van der Waals surface area contributed by atoms with Gasteiger partial charge in [-0.1, -0.05) is 42.5 Å². The molecule has 2 aromatic carbocycles. The van der Waals surface area contributed by atoms with Gasteiger partial charge in [-0.25, -0.2) is 0 Å². The summed E-state index contributed by atoms with van der Waals surface area (Å²) in [7, 11) is 1.69. The van der Waals surface area contributed by atoms with E-state index in [1.165, 1.54) is 11.1 Å². The van der Waals surface area contributed by atoms with E-state index >= 15 is 0 Å². The minimum Gasteiger partial charge on any atom is -0.497 e. The SMILES string of the molecule is COc1ccc(C(NC2COC2)c2ccccc2)cc1. The van der Waals surface area contributed by atoms with Crippen molar-refractivity contribution < 1.29 is 9.47 Å². The lowest BCUT2D eigenvalue weighted by molar-refractivity contribution is -0.00826. The number of ether oxygens (including phenoxy) is 2. The molecule has 0 saturated carbocycles. The number of methoxy groups -OCH3 is 1. The number of rotatable bonds is 5. The summed E-state index contributed by atoms with van der Waals surface area (Å²) in [5.74, 6) is 0.882. The Bertz CT molecular complexity index is 535. The molecule has 1 heterocycles. The summed E-state index contributed by atoms with van der Waals surface area (Å²) in [5, 5.41) is 3.66. The van der Waals surface area contributed by atoms with Gasteiger partial charge in [0, 0.05) is 0 Å². The number of hydrogen-bond donors (Lipinski definition) is 1. The van der Waals surface area contributed by atoms with Crippen LogP contribution in [0.5, 0.6) is 5.75 Å². The van der Waals surface area contributed by atoms with Crippen LogP contribution in [-0.2, 0) is 4.74 Å². The summed E-state index contributed by atoms with van der Waals surface area (Å²) in [6.45, 7) is 1.58. The molecule has 0 bridgehead atoms. The zero-order valence-electron chi connectivity index (χ0n) is 11.6. The molecule has 0 aliphatic carbocycles. The maximum atomic E-state index is 5.26. The Labute approximate surface area is 119 Å². The lowest BCUT2D eigenvalue weighted by Crippen LogP contribution is -2.47. The fraction of sp³-hybridized carbons (Fsp3) is 0.294. The summed E-state index contributed by atoms with van der Waals surface area (Å²) in [6.07, 6.45) is 0. The lowest BCUT2D eigenvalue weighted by Gasteiger charge is -2.32. The van der Waals surface area contributed by atoms with Crippen molar-refractivity contribution in [2.45, 2.75) is 12.1 Å². The average molecular weight is 269 g/mol. The largest absolute Gasteiger partial charge is 0.497 e. The quantitative estimate of drug-likeness (QED) is 0.905. The standard InChI is InChI=1S/C17H19NO2/c1-19-16-9-7-14(8-10-16)17(18-15-11-20-12-15)13-5-3-2-4-6-13/h2-10,15,17-18H,11-12H2,1H3. The van der Waals surface area contributed by atoms with Crippen LogP contribution in [0.25, 0.3) is 0 Å². The predicted octanol–water partition coefficient (Wildman–Crippen LogP) is 2.77. The van der Waals surface area contributed by atoms with Crippen molar-refractivity contribution in [3.05, 3.63) is 65.7 Å². The van der Waals surface area contributed by atoms with E-state index in [0.29, 0.717) is 6.04 Å². The monoisotopic (exact) mass is 269 g/mol. The van der Waals surface area contributed by atoms with Gasteiger partial charge >= 0.3 is 0 Å². The molecular weight excluding hydrogens is 250 g/mol. The highest BCUT2D eigenvalue weighted by molar-refractivity contribution is 5.35. The minimum atomic E-state index is 0.191. The molecule has 0 radical (unpaired) electrons. The fourth-order valence-corrected chi connectivity index (χ4v) is 2.39. The third-order valence-corrected chi connectivity index (χ3v) is 3.62. The molecule has 3 rings (SSSR count). The Balaban J connectivity index is 1.87. The summed E-state index contributed by atoms with van der Waals surface area (Å²) < 4.78 is 10.5. The highest BCUT2D eigenvalue weighted by atomic mass is 16.5. The topological polar surface area (TPSA) is 30.5 Å². The molecule has 2 aromatic rings. The molecule has 0 aromatic heterocycles. The van der Waals surface area contributed by atoms with Crippen molar-refractivity contribution in [2.75, 3.05) is 20.3 Å². The molecule has 1 atom stereocenters. The van der Waals surface area contributed by atoms with E-state index in [9.17, 15) is 0 Å². The highest BCUT2D eigenvalue weighted by Gasteiger charge is 2.23. The van der Waals surface area contributed by atoms with E-state index in [-0.39, 0.29) is 6.04 Å². The molecule has 1 fully saturated rings. The van der Waals surface area contributed by atoms with Gasteiger partial charge in [-0.15, -0.1) is 0 Å². The van der Waals surface area contributed by atoms with Crippen LogP contribution in [0.2, 0.25) is 0 Å². The van der Waals surface area contributed by atoms with Crippen LogP contribution in [0, 0.1) is 0 Å². The highest BCUT2D eigenvalue weighted by Crippen LogP contribution is 2.25. The van der Waals surface area contributed by atoms with Gasteiger partial charge in [0.15, 0.2) is 0 Å². The normalized spacial score (nSPS) is 16.4. The van der Waals surface area contributed by atoms with Crippen molar-refractivity contribution in [3.63, 3.8) is 0 Å². The molecule has 104 valence electrons. The van der Waals surface area contributed by atoms with Crippen LogP contribution in [-0.4, -0.2) is 26.4 Å². The van der Waals surface area contributed by atoms with Gasteiger partial charge in [-0.3, -0.25) is 5.32 Å². The molecule has 3 nitrogen and oxygen atoms in total. The number of hydrogen-bond acceptors (Lipinski definition) is 3. The van der Waals surface area contributed by atoms with Gasteiger partial charge in [0.05, 0.1) is 32.4 Å². The van der Waals surface area contributed by atoms with Gasteiger partial charge in [-0.05, 0) is 23.3 Å². The second-order valence-corrected chi connectivity index (χ2v) is 5.02. The Kier molecular flexibility index (Phi) is 4.00.